The smallest absolute Gasteiger partial charge is 0.150 e. The SMILES string of the molecule is Nc1cc(Cl)c(NCC2CCS(=O)(=O)C2)c(Cl)c1. The maximum atomic E-state index is 11.3. The molecule has 100 valence electrons. The highest BCUT2D eigenvalue weighted by Crippen LogP contribution is 2.33. The minimum Gasteiger partial charge on any atom is -0.399 e. The summed E-state index contributed by atoms with van der Waals surface area (Å²) in [5.74, 6) is 0.604. The van der Waals surface area contributed by atoms with E-state index >= 15 is 0 Å². The first kappa shape index (κ1) is 13.8. The third kappa shape index (κ3) is 3.22. The molecule has 7 heteroatoms. The van der Waals surface area contributed by atoms with E-state index in [4.69, 9.17) is 28.9 Å². The van der Waals surface area contributed by atoms with Crippen molar-refractivity contribution < 1.29 is 8.42 Å². The van der Waals surface area contributed by atoms with E-state index < -0.39 is 9.84 Å². The van der Waals surface area contributed by atoms with E-state index in [2.05, 4.69) is 5.32 Å². The number of sulfone groups is 1. The number of rotatable bonds is 3. The van der Waals surface area contributed by atoms with Crippen LogP contribution < -0.4 is 11.1 Å². The van der Waals surface area contributed by atoms with Crippen LogP contribution in [-0.4, -0.2) is 26.5 Å². The van der Waals surface area contributed by atoms with Gasteiger partial charge in [-0.25, -0.2) is 8.42 Å². The highest BCUT2D eigenvalue weighted by molar-refractivity contribution is 7.91. The molecule has 0 bridgehead atoms. The first-order valence-electron chi connectivity index (χ1n) is 5.56. The Balaban J connectivity index is 2.03. The van der Waals surface area contributed by atoms with Crippen LogP contribution in [0, 0.1) is 5.92 Å². The molecule has 0 spiro atoms. The largest absolute Gasteiger partial charge is 0.399 e. The number of nitrogen functional groups attached to an aromatic ring is 1. The Morgan fingerprint density at radius 3 is 2.44 bits per heavy atom. The Morgan fingerprint density at radius 1 is 1.33 bits per heavy atom. The first-order chi connectivity index (χ1) is 8.37. The van der Waals surface area contributed by atoms with E-state index in [0.717, 1.165) is 0 Å². The van der Waals surface area contributed by atoms with Crippen molar-refractivity contribution in [1.29, 1.82) is 0 Å². The lowest BCUT2D eigenvalue weighted by Gasteiger charge is -2.14. The van der Waals surface area contributed by atoms with Crippen molar-refractivity contribution in [3.05, 3.63) is 22.2 Å². The molecule has 2 rings (SSSR count). The van der Waals surface area contributed by atoms with E-state index in [9.17, 15) is 8.42 Å². The Labute approximate surface area is 116 Å². The zero-order valence-electron chi connectivity index (χ0n) is 9.62. The zero-order chi connectivity index (χ0) is 13.3. The molecule has 1 fully saturated rings. The van der Waals surface area contributed by atoms with Gasteiger partial charge in [-0.3, -0.25) is 0 Å². The second-order valence-electron chi connectivity index (χ2n) is 4.51. The molecule has 0 aliphatic carbocycles. The van der Waals surface area contributed by atoms with Crippen LogP contribution in [0.15, 0.2) is 12.1 Å². The lowest BCUT2D eigenvalue weighted by atomic mass is 10.1. The van der Waals surface area contributed by atoms with Crippen LogP contribution in [0.2, 0.25) is 10.0 Å². The molecule has 18 heavy (non-hydrogen) atoms. The quantitative estimate of drug-likeness (QED) is 0.841. The van der Waals surface area contributed by atoms with Crippen molar-refractivity contribution in [2.75, 3.05) is 29.1 Å². The molecule has 1 aromatic carbocycles. The Morgan fingerprint density at radius 2 is 1.94 bits per heavy atom. The highest BCUT2D eigenvalue weighted by Gasteiger charge is 2.27. The van der Waals surface area contributed by atoms with Crippen LogP contribution in [0.1, 0.15) is 6.42 Å². The molecule has 1 atom stereocenters. The van der Waals surface area contributed by atoms with Gasteiger partial charge < -0.3 is 11.1 Å². The number of halogens is 2. The fraction of sp³-hybridized carbons (Fsp3) is 0.455. The van der Waals surface area contributed by atoms with Crippen molar-refractivity contribution in [2.24, 2.45) is 5.92 Å². The third-order valence-electron chi connectivity index (χ3n) is 2.96. The number of hydrogen-bond donors (Lipinski definition) is 2. The maximum absolute atomic E-state index is 11.3. The number of benzene rings is 1. The van der Waals surface area contributed by atoms with E-state index in [1.165, 1.54) is 0 Å². The average molecular weight is 309 g/mol. The minimum absolute atomic E-state index is 0.111. The van der Waals surface area contributed by atoms with Crippen LogP contribution in [0.25, 0.3) is 0 Å². The van der Waals surface area contributed by atoms with Crippen LogP contribution in [0.3, 0.4) is 0 Å². The lowest BCUT2D eigenvalue weighted by Crippen LogP contribution is -2.16. The molecule has 1 aromatic rings. The number of anilines is 2. The van der Waals surface area contributed by atoms with Crippen molar-refractivity contribution in [2.45, 2.75) is 6.42 Å². The third-order valence-corrected chi connectivity index (χ3v) is 5.39. The summed E-state index contributed by atoms with van der Waals surface area (Å²) in [6.07, 6.45) is 0.680. The molecule has 0 radical (unpaired) electrons. The summed E-state index contributed by atoms with van der Waals surface area (Å²) in [5, 5.41) is 3.99. The Kier molecular flexibility index (Phi) is 3.94. The maximum Gasteiger partial charge on any atom is 0.150 e. The van der Waals surface area contributed by atoms with Crippen LogP contribution in [-0.2, 0) is 9.84 Å². The van der Waals surface area contributed by atoms with Gasteiger partial charge in [-0.2, -0.15) is 0 Å². The second kappa shape index (κ2) is 5.15. The highest BCUT2D eigenvalue weighted by atomic mass is 35.5. The standard InChI is InChI=1S/C11H14Cl2N2O2S/c12-9-3-8(14)4-10(13)11(9)15-5-7-1-2-18(16,17)6-7/h3-4,7,15H,1-2,5-6,14H2. The van der Waals surface area contributed by atoms with Gasteiger partial charge in [0.2, 0.25) is 0 Å². The molecule has 1 unspecified atom stereocenters. The molecular formula is C11H14Cl2N2O2S. The Bertz CT molecular complexity index is 537. The van der Waals surface area contributed by atoms with Crippen LogP contribution in [0.4, 0.5) is 11.4 Å². The van der Waals surface area contributed by atoms with Gasteiger partial charge in [0.1, 0.15) is 0 Å². The molecule has 1 aliphatic heterocycles. The summed E-state index contributed by atoms with van der Waals surface area (Å²) < 4.78 is 22.7. The van der Waals surface area contributed by atoms with E-state index in [0.29, 0.717) is 34.4 Å². The molecule has 0 amide bonds. The molecule has 0 aromatic heterocycles. The number of nitrogens with one attached hydrogen (secondary N) is 1. The normalized spacial score (nSPS) is 22.0. The second-order valence-corrected chi connectivity index (χ2v) is 7.55. The van der Waals surface area contributed by atoms with Gasteiger partial charge in [0, 0.05) is 12.2 Å². The first-order valence-corrected chi connectivity index (χ1v) is 8.14. The van der Waals surface area contributed by atoms with Crippen molar-refractivity contribution in [3.8, 4) is 0 Å². The van der Waals surface area contributed by atoms with Gasteiger partial charge >= 0.3 is 0 Å². The predicted octanol–water partition coefficient (Wildman–Crippen LogP) is 2.42. The summed E-state index contributed by atoms with van der Waals surface area (Å²) in [4.78, 5) is 0. The molecule has 1 heterocycles. The van der Waals surface area contributed by atoms with Gasteiger partial charge in [0.25, 0.3) is 0 Å². The van der Waals surface area contributed by atoms with Crippen molar-refractivity contribution >= 4 is 44.4 Å². The fourth-order valence-corrected chi connectivity index (χ4v) is 4.54. The summed E-state index contributed by atoms with van der Waals surface area (Å²) in [6.45, 7) is 0.544. The number of nitrogens with two attached hydrogens (primary N) is 1. The molecule has 1 saturated heterocycles. The average Bonchev–Trinajstić information content (AvgIpc) is 2.56. The van der Waals surface area contributed by atoms with E-state index in [-0.39, 0.29) is 17.4 Å². The molecular weight excluding hydrogens is 295 g/mol. The monoisotopic (exact) mass is 308 g/mol. The van der Waals surface area contributed by atoms with Crippen molar-refractivity contribution in [1.82, 2.24) is 0 Å². The number of hydrogen-bond acceptors (Lipinski definition) is 4. The van der Waals surface area contributed by atoms with Gasteiger partial charge in [-0.15, -0.1) is 0 Å². The topological polar surface area (TPSA) is 72.2 Å². The predicted molar refractivity (Wildman–Crippen MR) is 76.1 cm³/mol. The van der Waals surface area contributed by atoms with Gasteiger partial charge in [0.15, 0.2) is 9.84 Å². The molecule has 3 N–H and O–H groups in total. The lowest BCUT2D eigenvalue weighted by molar-refractivity contribution is 0.596. The summed E-state index contributed by atoms with van der Waals surface area (Å²) in [7, 11) is -2.85. The van der Waals surface area contributed by atoms with Gasteiger partial charge in [-0.1, -0.05) is 23.2 Å². The van der Waals surface area contributed by atoms with E-state index in [1.807, 2.05) is 0 Å². The van der Waals surface area contributed by atoms with Gasteiger partial charge in [0.05, 0.1) is 27.2 Å². The van der Waals surface area contributed by atoms with Crippen LogP contribution >= 0.6 is 23.2 Å². The molecule has 0 saturated carbocycles. The zero-order valence-corrected chi connectivity index (χ0v) is 11.9. The summed E-state index contributed by atoms with van der Waals surface area (Å²) in [6, 6.07) is 3.22. The van der Waals surface area contributed by atoms with E-state index in [1.54, 1.807) is 12.1 Å². The summed E-state index contributed by atoms with van der Waals surface area (Å²) >= 11 is 12.1. The fourth-order valence-electron chi connectivity index (χ4n) is 2.04. The van der Waals surface area contributed by atoms with Crippen molar-refractivity contribution in [3.63, 3.8) is 0 Å². The van der Waals surface area contributed by atoms with Gasteiger partial charge in [-0.05, 0) is 24.5 Å². The van der Waals surface area contributed by atoms with Crippen LogP contribution in [0.5, 0.6) is 0 Å². The minimum atomic E-state index is -2.85. The molecule has 4 nitrogen and oxygen atoms in total. The summed E-state index contributed by atoms with van der Waals surface area (Å²) in [5.41, 5.74) is 6.71. The molecule has 1 aliphatic rings. The Hall–Kier alpha value is -0.650.